The summed E-state index contributed by atoms with van der Waals surface area (Å²) in [6.07, 6.45) is 3.57. The Bertz CT molecular complexity index is 785. The first kappa shape index (κ1) is 20.0. The van der Waals surface area contributed by atoms with Crippen LogP contribution in [0.1, 0.15) is 51.0 Å². The van der Waals surface area contributed by atoms with Crippen molar-refractivity contribution in [2.24, 2.45) is 17.3 Å². The van der Waals surface area contributed by atoms with Gasteiger partial charge in [0.1, 0.15) is 0 Å². The Morgan fingerprint density at radius 3 is 2.32 bits per heavy atom. The molecule has 1 aromatic carbocycles. The van der Waals surface area contributed by atoms with Crippen LogP contribution in [-0.4, -0.2) is 47.8 Å². The summed E-state index contributed by atoms with van der Waals surface area (Å²) < 4.78 is 0. The highest BCUT2D eigenvalue weighted by Crippen LogP contribution is 2.47. The first-order valence-corrected chi connectivity index (χ1v) is 11.1. The van der Waals surface area contributed by atoms with Crippen LogP contribution in [-0.2, 0) is 9.59 Å². The predicted octanol–water partition coefficient (Wildman–Crippen LogP) is 4.59. The van der Waals surface area contributed by atoms with Gasteiger partial charge in [-0.3, -0.25) is 9.59 Å². The summed E-state index contributed by atoms with van der Waals surface area (Å²) in [6.45, 7) is 7.18. The molecule has 0 unspecified atom stereocenters. The summed E-state index contributed by atoms with van der Waals surface area (Å²) >= 11 is 12.2. The molecule has 152 valence electrons. The third kappa shape index (κ3) is 3.78. The third-order valence-electron chi connectivity index (χ3n) is 6.94. The van der Waals surface area contributed by atoms with Crippen LogP contribution in [0.5, 0.6) is 0 Å². The van der Waals surface area contributed by atoms with E-state index < -0.39 is 0 Å². The maximum Gasteiger partial charge on any atom is 0.228 e. The highest BCUT2D eigenvalue weighted by atomic mass is 35.5. The number of rotatable bonds is 3. The number of amides is 2. The molecule has 2 heterocycles. The summed E-state index contributed by atoms with van der Waals surface area (Å²) in [4.78, 5) is 29.6. The minimum absolute atomic E-state index is 0.0378. The van der Waals surface area contributed by atoms with Crippen molar-refractivity contribution >= 4 is 35.0 Å². The second kappa shape index (κ2) is 7.53. The Kier molecular flexibility index (Phi) is 5.39. The number of halogens is 2. The van der Waals surface area contributed by atoms with E-state index in [1.54, 1.807) is 0 Å². The second-order valence-electron chi connectivity index (χ2n) is 9.13. The van der Waals surface area contributed by atoms with Crippen molar-refractivity contribution in [3.8, 4) is 0 Å². The largest absolute Gasteiger partial charge is 0.342 e. The Labute approximate surface area is 177 Å². The molecule has 0 radical (unpaired) electrons. The molecule has 4 nitrogen and oxygen atoms in total. The van der Waals surface area contributed by atoms with Crippen molar-refractivity contribution < 1.29 is 9.59 Å². The van der Waals surface area contributed by atoms with E-state index in [1.807, 2.05) is 28.0 Å². The summed E-state index contributed by atoms with van der Waals surface area (Å²) in [7, 11) is 0. The van der Waals surface area contributed by atoms with Crippen molar-refractivity contribution in [2.75, 3.05) is 26.2 Å². The van der Waals surface area contributed by atoms with Gasteiger partial charge in [0.05, 0.1) is 10.0 Å². The van der Waals surface area contributed by atoms with Crippen LogP contribution in [0.2, 0.25) is 10.0 Å². The van der Waals surface area contributed by atoms with E-state index in [1.165, 1.54) is 0 Å². The Morgan fingerprint density at radius 2 is 1.71 bits per heavy atom. The van der Waals surface area contributed by atoms with Crippen LogP contribution in [0.3, 0.4) is 0 Å². The molecular formula is C22H28Cl2N2O2. The van der Waals surface area contributed by atoms with E-state index in [0.29, 0.717) is 29.1 Å². The molecule has 0 bridgehead atoms. The number of nitrogens with zero attached hydrogens (tertiary/aromatic N) is 2. The number of likely N-dealkylation sites (tertiary alicyclic amines) is 2. The fourth-order valence-electron chi connectivity index (χ4n) is 4.69. The maximum absolute atomic E-state index is 13.1. The normalized spacial score (nSPS) is 27.1. The number of carbonyl (C=O) groups is 2. The Balaban J connectivity index is 1.35. The molecule has 2 aliphatic heterocycles. The minimum Gasteiger partial charge on any atom is -0.342 e. The van der Waals surface area contributed by atoms with Crippen LogP contribution in [0, 0.1) is 17.3 Å². The lowest BCUT2D eigenvalue weighted by Gasteiger charge is -2.34. The van der Waals surface area contributed by atoms with Gasteiger partial charge >= 0.3 is 0 Å². The molecule has 4 rings (SSSR count). The zero-order valence-corrected chi connectivity index (χ0v) is 18.1. The fraction of sp³-hybridized carbons (Fsp3) is 0.636. The molecule has 0 aromatic heterocycles. The number of carbonyl (C=O) groups excluding carboxylic acids is 2. The van der Waals surface area contributed by atoms with Gasteiger partial charge in [0, 0.05) is 43.4 Å². The monoisotopic (exact) mass is 422 g/mol. The second-order valence-corrected chi connectivity index (χ2v) is 9.94. The third-order valence-corrected chi connectivity index (χ3v) is 7.68. The average molecular weight is 423 g/mol. The van der Waals surface area contributed by atoms with Crippen LogP contribution in [0.15, 0.2) is 18.2 Å². The first-order valence-electron chi connectivity index (χ1n) is 10.3. The lowest BCUT2D eigenvalue weighted by Crippen LogP contribution is -2.45. The molecule has 2 amide bonds. The van der Waals surface area contributed by atoms with Crippen LogP contribution in [0.4, 0.5) is 0 Å². The fourth-order valence-corrected chi connectivity index (χ4v) is 5.00. The lowest BCUT2D eigenvalue weighted by molar-refractivity contribution is -0.142. The van der Waals surface area contributed by atoms with E-state index in [9.17, 15) is 9.59 Å². The molecular weight excluding hydrogens is 395 g/mol. The number of piperidine rings is 1. The molecule has 6 heteroatoms. The van der Waals surface area contributed by atoms with E-state index in [0.717, 1.165) is 44.3 Å². The predicted molar refractivity (Wildman–Crippen MR) is 112 cm³/mol. The Hall–Kier alpha value is -1.26. The van der Waals surface area contributed by atoms with Crippen molar-refractivity contribution in [3.05, 3.63) is 33.8 Å². The van der Waals surface area contributed by atoms with Gasteiger partial charge in [-0.25, -0.2) is 0 Å². The zero-order chi connectivity index (χ0) is 20.1. The van der Waals surface area contributed by atoms with Gasteiger partial charge < -0.3 is 9.80 Å². The molecule has 3 aliphatic rings. The van der Waals surface area contributed by atoms with Gasteiger partial charge in [0.15, 0.2) is 0 Å². The molecule has 1 aromatic rings. The summed E-state index contributed by atoms with van der Waals surface area (Å²) in [6, 6.07) is 5.79. The quantitative estimate of drug-likeness (QED) is 0.714. The molecule has 2 atom stereocenters. The van der Waals surface area contributed by atoms with E-state index in [-0.39, 0.29) is 29.1 Å². The van der Waals surface area contributed by atoms with Crippen molar-refractivity contribution in [2.45, 2.75) is 45.4 Å². The van der Waals surface area contributed by atoms with E-state index >= 15 is 0 Å². The van der Waals surface area contributed by atoms with Crippen LogP contribution < -0.4 is 0 Å². The average Bonchev–Trinajstić information content (AvgIpc) is 3.33. The minimum atomic E-state index is -0.117. The standard InChI is InChI=1S/C22H28Cl2N2O2/c1-14-12-26(13-17(14)16-3-4-18(23)19(24)11-16)20(27)15-5-9-25(10-6-15)21(28)22(2)7-8-22/h3-4,11,14-15,17H,5-10,12-13H2,1-2H3/t14-,17+/m0/s1. The summed E-state index contributed by atoms with van der Waals surface area (Å²) in [5, 5.41) is 1.13. The van der Waals surface area contributed by atoms with E-state index in [2.05, 4.69) is 13.8 Å². The Morgan fingerprint density at radius 1 is 1.04 bits per heavy atom. The molecule has 28 heavy (non-hydrogen) atoms. The number of hydrogen-bond acceptors (Lipinski definition) is 2. The van der Waals surface area contributed by atoms with Crippen LogP contribution in [0.25, 0.3) is 0 Å². The van der Waals surface area contributed by atoms with Gasteiger partial charge in [-0.1, -0.05) is 43.1 Å². The molecule has 0 spiro atoms. The molecule has 1 aliphatic carbocycles. The van der Waals surface area contributed by atoms with Gasteiger partial charge in [0.2, 0.25) is 11.8 Å². The van der Waals surface area contributed by atoms with Gasteiger partial charge in [-0.15, -0.1) is 0 Å². The highest BCUT2D eigenvalue weighted by Gasteiger charge is 2.48. The number of hydrogen-bond donors (Lipinski definition) is 0. The highest BCUT2D eigenvalue weighted by molar-refractivity contribution is 6.42. The van der Waals surface area contributed by atoms with Crippen molar-refractivity contribution in [1.29, 1.82) is 0 Å². The van der Waals surface area contributed by atoms with Crippen molar-refractivity contribution in [3.63, 3.8) is 0 Å². The van der Waals surface area contributed by atoms with Crippen molar-refractivity contribution in [1.82, 2.24) is 9.80 Å². The van der Waals surface area contributed by atoms with Gasteiger partial charge in [0.25, 0.3) is 0 Å². The topological polar surface area (TPSA) is 40.6 Å². The summed E-state index contributed by atoms with van der Waals surface area (Å²) in [5.74, 6) is 1.25. The molecule has 0 N–H and O–H groups in total. The van der Waals surface area contributed by atoms with Crippen LogP contribution >= 0.6 is 23.2 Å². The van der Waals surface area contributed by atoms with E-state index in [4.69, 9.17) is 23.2 Å². The smallest absolute Gasteiger partial charge is 0.228 e. The summed E-state index contributed by atoms with van der Waals surface area (Å²) in [5.41, 5.74) is 1.03. The first-order chi connectivity index (χ1) is 13.3. The molecule has 2 saturated heterocycles. The SMILES string of the molecule is C[C@H]1CN(C(=O)C2CCN(C(=O)C3(C)CC3)CC2)C[C@H]1c1ccc(Cl)c(Cl)c1. The lowest BCUT2D eigenvalue weighted by atomic mass is 9.90. The molecule has 1 saturated carbocycles. The molecule has 3 fully saturated rings. The van der Waals surface area contributed by atoms with Gasteiger partial charge in [-0.2, -0.15) is 0 Å². The number of benzene rings is 1. The maximum atomic E-state index is 13.1. The zero-order valence-electron chi connectivity index (χ0n) is 16.6. The van der Waals surface area contributed by atoms with Gasteiger partial charge in [-0.05, 0) is 49.3 Å².